The van der Waals surface area contributed by atoms with Gasteiger partial charge in [-0.15, -0.1) is 0 Å². The zero-order chi connectivity index (χ0) is 20.8. The minimum absolute atomic E-state index is 0.120. The van der Waals surface area contributed by atoms with Crippen molar-refractivity contribution in [1.29, 1.82) is 0 Å². The summed E-state index contributed by atoms with van der Waals surface area (Å²) in [7, 11) is 3.41. The second kappa shape index (κ2) is 9.58. The zero-order valence-corrected chi connectivity index (χ0v) is 17.5. The van der Waals surface area contributed by atoms with Gasteiger partial charge in [0.1, 0.15) is 11.4 Å². The molecule has 1 N–H and O–H groups in total. The second-order valence-corrected chi connectivity index (χ2v) is 7.41. The van der Waals surface area contributed by atoms with Gasteiger partial charge in [-0.3, -0.25) is 9.59 Å². The number of rotatable bonds is 8. The first-order valence-corrected chi connectivity index (χ1v) is 10.3. The maximum Gasteiger partial charge on any atom is 0.289 e. The molecular weight excluding hydrogens is 368 g/mol. The fraction of sp³-hybridized carbons (Fsp3) is 0.500. The van der Waals surface area contributed by atoms with Crippen molar-refractivity contribution in [3.63, 3.8) is 0 Å². The summed E-state index contributed by atoms with van der Waals surface area (Å²) in [6, 6.07) is 7.58. The molecule has 0 saturated carbocycles. The molecule has 1 aliphatic rings. The molecule has 0 bridgehead atoms. The van der Waals surface area contributed by atoms with Crippen LogP contribution in [0.1, 0.15) is 65.0 Å². The van der Waals surface area contributed by atoms with Gasteiger partial charge in [0.05, 0.1) is 12.8 Å². The molecule has 0 fully saturated rings. The zero-order valence-electron chi connectivity index (χ0n) is 17.5. The van der Waals surface area contributed by atoms with Gasteiger partial charge < -0.3 is 19.5 Å². The van der Waals surface area contributed by atoms with E-state index in [9.17, 15) is 9.59 Å². The average Bonchev–Trinajstić information content (AvgIpc) is 3.15. The molecule has 2 heterocycles. The Morgan fingerprint density at radius 3 is 2.83 bits per heavy atom. The lowest BCUT2D eigenvalue weighted by atomic mass is 10.1. The minimum Gasteiger partial charge on any atom is -0.496 e. The normalized spacial score (nSPS) is 12.9. The Hall–Kier alpha value is -2.83. The molecule has 0 atom stereocenters. The molecular formula is C22H30N4O3. The van der Waals surface area contributed by atoms with Crippen molar-refractivity contribution in [2.75, 3.05) is 20.7 Å². The molecule has 7 heteroatoms. The number of unbranched alkanes of at least 4 members (excludes halogenated alkanes) is 1. The summed E-state index contributed by atoms with van der Waals surface area (Å²) >= 11 is 0. The summed E-state index contributed by atoms with van der Waals surface area (Å²) in [4.78, 5) is 32.0. The first-order chi connectivity index (χ1) is 14.1. The van der Waals surface area contributed by atoms with Gasteiger partial charge >= 0.3 is 0 Å². The first-order valence-electron chi connectivity index (χ1n) is 10.3. The van der Waals surface area contributed by atoms with Crippen LogP contribution in [0.15, 0.2) is 24.3 Å². The number of fused-ring (bicyclic) bond motifs is 1. The topological polar surface area (TPSA) is 76.5 Å². The summed E-state index contributed by atoms with van der Waals surface area (Å²) in [5.41, 5.74) is 2.12. The van der Waals surface area contributed by atoms with E-state index in [0.29, 0.717) is 24.6 Å². The Morgan fingerprint density at radius 1 is 1.28 bits per heavy atom. The number of ether oxygens (including phenoxy) is 1. The number of para-hydroxylation sites is 1. The average molecular weight is 399 g/mol. The van der Waals surface area contributed by atoms with Crippen LogP contribution in [-0.2, 0) is 19.5 Å². The number of methoxy groups -OCH3 is 1. The highest BCUT2D eigenvalue weighted by Gasteiger charge is 2.28. The maximum absolute atomic E-state index is 12.9. The predicted molar refractivity (Wildman–Crippen MR) is 111 cm³/mol. The SMILES string of the molecule is CCCCN(C)C(=O)c1nc(C(=O)NCc2ccccc2OC)c2n1CCCC2. The van der Waals surface area contributed by atoms with Crippen LogP contribution in [0.4, 0.5) is 0 Å². The number of nitrogens with one attached hydrogen (secondary N) is 1. The molecule has 0 spiro atoms. The van der Waals surface area contributed by atoms with Crippen molar-refractivity contribution in [2.24, 2.45) is 0 Å². The molecule has 0 unspecified atom stereocenters. The fourth-order valence-electron chi connectivity index (χ4n) is 3.66. The fourth-order valence-corrected chi connectivity index (χ4v) is 3.66. The third-order valence-electron chi connectivity index (χ3n) is 5.35. The van der Waals surface area contributed by atoms with Crippen molar-refractivity contribution in [3.8, 4) is 5.75 Å². The first kappa shape index (κ1) is 20.9. The van der Waals surface area contributed by atoms with Crippen molar-refractivity contribution < 1.29 is 14.3 Å². The lowest BCUT2D eigenvalue weighted by Gasteiger charge is -2.20. The molecule has 0 saturated heterocycles. The number of amides is 2. The Balaban J connectivity index is 1.81. The van der Waals surface area contributed by atoms with E-state index in [-0.39, 0.29) is 11.8 Å². The van der Waals surface area contributed by atoms with Crippen LogP contribution in [0.2, 0.25) is 0 Å². The maximum atomic E-state index is 12.9. The number of nitrogens with zero attached hydrogens (tertiary/aromatic N) is 3. The van der Waals surface area contributed by atoms with Gasteiger partial charge in [-0.2, -0.15) is 0 Å². The van der Waals surface area contributed by atoms with Gasteiger partial charge in [-0.25, -0.2) is 4.98 Å². The largest absolute Gasteiger partial charge is 0.496 e. The van der Waals surface area contributed by atoms with Crippen LogP contribution >= 0.6 is 0 Å². The summed E-state index contributed by atoms with van der Waals surface area (Å²) in [5.74, 6) is 0.732. The number of carbonyl (C=O) groups is 2. The highest BCUT2D eigenvalue weighted by Crippen LogP contribution is 2.23. The van der Waals surface area contributed by atoms with Gasteiger partial charge in [-0.05, 0) is 31.7 Å². The second-order valence-electron chi connectivity index (χ2n) is 7.41. The molecule has 0 radical (unpaired) electrons. The minimum atomic E-state index is -0.253. The van der Waals surface area contributed by atoms with E-state index in [1.807, 2.05) is 28.8 Å². The number of aromatic nitrogens is 2. The lowest BCUT2D eigenvalue weighted by Crippen LogP contribution is -2.31. The highest BCUT2D eigenvalue weighted by molar-refractivity contribution is 5.97. The summed E-state index contributed by atoms with van der Waals surface area (Å²) in [6.07, 6.45) is 4.72. The molecule has 1 aliphatic heterocycles. The number of hydrogen-bond donors (Lipinski definition) is 1. The van der Waals surface area contributed by atoms with Crippen LogP contribution < -0.4 is 10.1 Å². The standard InChI is InChI=1S/C22H30N4O3/c1-4-5-13-25(2)22(28)20-24-19(17-11-8-9-14-26(17)20)21(27)23-15-16-10-6-7-12-18(16)29-3/h6-7,10,12H,4-5,8-9,11,13-15H2,1-3H3,(H,23,27). The molecule has 2 aromatic rings. The molecule has 2 amide bonds. The molecule has 156 valence electrons. The van der Waals surface area contributed by atoms with E-state index in [0.717, 1.165) is 55.7 Å². The molecule has 1 aromatic heterocycles. The van der Waals surface area contributed by atoms with Gasteiger partial charge in [0, 0.05) is 32.2 Å². The molecule has 29 heavy (non-hydrogen) atoms. The summed E-state index contributed by atoms with van der Waals surface area (Å²) < 4.78 is 7.28. The number of hydrogen-bond acceptors (Lipinski definition) is 4. The third kappa shape index (κ3) is 4.60. The van der Waals surface area contributed by atoms with E-state index in [2.05, 4.69) is 17.2 Å². The van der Waals surface area contributed by atoms with E-state index in [4.69, 9.17) is 4.74 Å². The van der Waals surface area contributed by atoms with Crippen LogP contribution in [0.25, 0.3) is 0 Å². The Morgan fingerprint density at radius 2 is 2.07 bits per heavy atom. The van der Waals surface area contributed by atoms with Crippen LogP contribution in [0, 0.1) is 0 Å². The Bertz CT molecular complexity index is 875. The predicted octanol–water partition coefficient (Wildman–Crippen LogP) is 3.03. The third-order valence-corrected chi connectivity index (χ3v) is 5.35. The Labute approximate surface area is 172 Å². The van der Waals surface area contributed by atoms with E-state index < -0.39 is 0 Å². The van der Waals surface area contributed by atoms with Crippen molar-refractivity contribution >= 4 is 11.8 Å². The summed E-state index contributed by atoms with van der Waals surface area (Å²) in [5, 5.41) is 2.94. The number of benzene rings is 1. The van der Waals surface area contributed by atoms with Gasteiger partial charge in [0.15, 0.2) is 5.82 Å². The van der Waals surface area contributed by atoms with Crippen LogP contribution in [-0.4, -0.2) is 47.0 Å². The molecule has 3 rings (SSSR count). The number of carbonyl (C=O) groups excluding carboxylic acids is 2. The quantitative estimate of drug-likeness (QED) is 0.742. The van der Waals surface area contributed by atoms with Crippen molar-refractivity contribution in [3.05, 3.63) is 47.0 Å². The van der Waals surface area contributed by atoms with Crippen LogP contribution in [0.3, 0.4) is 0 Å². The van der Waals surface area contributed by atoms with E-state index in [1.54, 1.807) is 19.1 Å². The van der Waals surface area contributed by atoms with E-state index >= 15 is 0 Å². The smallest absolute Gasteiger partial charge is 0.289 e. The van der Waals surface area contributed by atoms with Gasteiger partial charge in [0.25, 0.3) is 11.8 Å². The Kier molecular flexibility index (Phi) is 6.90. The summed E-state index contributed by atoms with van der Waals surface area (Å²) in [6.45, 7) is 3.85. The highest BCUT2D eigenvalue weighted by atomic mass is 16.5. The van der Waals surface area contributed by atoms with E-state index in [1.165, 1.54) is 0 Å². The lowest BCUT2D eigenvalue weighted by molar-refractivity contribution is 0.0775. The molecule has 0 aliphatic carbocycles. The monoisotopic (exact) mass is 398 g/mol. The molecule has 1 aromatic carbocycles. The van der Waals surface area contributed by atoms with Crippen molar-refractivity contribution in [2.45, 2.75) is 52.1 Å². The number of imidazole rings is 1. The van der Waals surface area contributed by atoms with Gasteiger partial charge in [0.2, 0.25) is 0 Å². The molecule has 7 nitrogen and oxygen atoms in total. The van der Waals surface area contributed by atoms with Crippen LogP contribution in [0.5, 0.6) is 5.75 Å². The van der Waals surface area contributed by atoms with Crippen molar-refractivity contribution in [1.82, 2.24) is 19.8 Å². The van der Waals surface area contributed by atoms with Gasteiger partial charge in [-0.1, -0.05) is 31.5 Å².